The van der Waals surface area contributed by atoms with Crippen molar-refractivity contribution in [3.05, 3.63) is 30.5 Å². The average molecular weight is 397 g/mol. The van der Waals surface area contributed by atoms with Crippen LogP contribution >= 0.6 is 0 Å². The second-order valence-corrected chi connectivity index (χ2v) is 13.1. The summed E-state index contributed by atoms with van der Waals surface area (Å²) in [5, 5.41) is 1.42. The molecular weight excluding hydrogens is 379 g/mol. The van der Waals surface area contributed by atoms with Gasteiger partial charge >= 0.3 is 100 Å². The summed E-state index contributed by atoms with van der Waals surface area (Å²) in [6.45, 7) is 3.36. The van der Waals surface area contributed by atoms with Gasteiger partial charge in [-0.2, -0.15) is 0 Å². The van der Waals surface area contributed by atoms with Gasteiger partial charge in [0.25, 0.3) is 0 Å². The molecule has 0 saturated heterocycles. The topological polar surface area (TPSA) is 4.93 Å². The second kappa shape index (κ2) is 4.66. The molecule has 2 aromatic rings. The molecule has 2 heteroatoms. The number of aryl methyl sites for hydroxylation is 1. The van der Waals surface area contributed by atoms with Crippen molar-refractivity contribution >= 4 is 35.9 Å². The number of nitrogens with zero attached hydrogens (tertiary/aromatic N) is 1. The zero-order chi connectivity index (χ0) is 10.8. The second-order valence-electron chi connectivity index (χ2n) is 4.15. The number of hydrogen-bond donors (Lipinski definition) is 0. The molecule has 1 heterocycles. The molecule has 2 rings (SSSR count). The van der Waals surface area contributed by atoms with Gasteiger partial charge in [0.1, 0.15) is 0 Å². The molecule has 80 valence electrons. The predicted molar refractivity (Wildman–Crippen MR) is 69.3 cm³/mol. The van der Waals surface area contributed by atoms with Crippen LogP contribution in [0.3, 0.4) is 0 Å². The van der Waals surface area contributed by atoms with E-state index in [1.54, 1.807) is 3.27 Å². The Labute approximate surface area is 99.8 Å². The number of aromatic nitrogens is 1. The Morgan fingerprint density at radius 2 is 2.00 bits per heavy atom. The maximum atomic E-state index is 2.44. The Kier molecular flexibility index (Phi) is 3.46. The van der Waals surface area contributed by atoms with Gasteiger partial charge < -0.3 is 0 Å². The molecule has 0 atom stereocenters. The summed E-state index contributed by atoms with van der Waals surface area (Å²) in [4.78, 5) is 0. The minimum absolute atomic E-state index is 1.13. The van der Waals surface area contributed by atoms with Crippen molar-refractivity contribution in [3.63, 3.8) is 0 Å². The molecule has 1 nitrogen and oxygen atoms in total. The van der Waals surface area contributed by atoms with Crippen LogP contribution in [0, 0.1) is 0 Å². The van der Waals surface area contributed by atoms with Gasteiger partial charge in [0.15, 0.2) is 0 Å². The van der Waals surface area contributed by atoms with E-state index in [1.807, 2.05) is 0 Å². The van der Waals surface area contributed by atoms with Crippen molar-refractivity contribution in [2.75, 3.05) is 0 Å². The fraction of sp³-hybridized carbons (Fsp3) is 0.385. The quantitative estimate of drug-likeness (QED) is 0.702. The first kappa shape index (κ1) is 11.1. The zero-order valence-electron chi connectivity index (χ0n) is 9.70. The number of rotatable bonds is 3. The molecule has 0 aliphatic rings. The Balaban J connectivity index is 2.47. The van der Waals surface area contributed by atoms with E-state index in [4.69, 9.17) is 0 Å². The van der Waals surface area contributed by atoms with Crippen LogP contribution in [0.4, 0.5) is 0 Å². The summed E-state index contributed by atoms with van der Waals surface area (Å²) in [6, 6.07) is 9.29. The van der Waals surface area contributed by atoms with Gasteiger partial charge in [-0.1, -0.05) is 0 Å². The average Bonchev–Trinajstić information content (AvgIpc) is 2.61. The summed E-state index contributed by atoms with van der Waals surface area (Å²) >= 11 is -1.24. The van der Waals surface area contributed by atoms with Crippen LogP contribution in [0.5, 0.6) is 0 Å². The van der Waals surface area contributed by atoms with E-state index in [1.165, 1.54) is 17.3 Å². The summed E-state index contributed by atoms with van der Waals surface area (Å²) in [7, 11) is 0. The SMILES string of the molecule is CCCn1ccc2c[c]([Bi]([CH3])[CH3])ccc21. The standard InChI is InChI=1S/C11H12N.2CH3.Bi/c1-2-8-12-9-7-10-5-3-4-6-11(10)12;;;/h4-7,9H,2,8H2,1H3;2*1H3;. The Bertz CT molecular complexity index is 457. The Hall–Kier alpha value is -0.357. The molecule has 0 saturated carbocycles. The normalized spacial score (nSPS) is 11.5. The molecule has 0 aliphatic heterocycles. The third-order valence-electron chi connectivity index (χ3n) is 2.74. The van der Waals surface area contributed by atoms with Gasteiger partial charge in [-0.25, -0.2) is 0 Å². The molecule has 0 radical (unpaired) electrons. The van der Waals surface area contributed by atoms with Crippen molar-refractivity contribution in [1.29, 1.82) is 0 Å². The first-order valence-corrected chi connectivity index (χ1v) is 14.2. The molecule has 0 aliphatic carbocycles. The van der Waals surface area contributed by atoms with Gasteiger partial charge in [-0.15, -0.1) is 0 Å². The van der Waals surface area contributed by atoms with Gasteiger partial charge in [-0.05, 0) is 0 Å². The van der Waals surface area contributed by atoms with Crippen LogP contribution in [-0.2, 0) is 6.54 Å². The summed E-state index contributed by atoms with van der Waals surface area (Å²) in [5.41, 5.74) is 1.39. The van der Waals surface area contributed by atoms with Crippen molar-refractivity contribution in [2.24, 2.45) is 0 Å². The van der Waals surface area contributed by atoms with Crippen molar-refractivity contribution in [1.82, 2.24) is 4.57 Å². The maximum absolute atomic E-state index is 2.44. The summed E-state index contributed by atoms with van der Waals surface area (Å²) < 4.78 is 8.87. The number of fused-ring (bicyclic) bond motifs is 1. The molecular formula is C13H18BiN. The third kappa shape index (κ3) is 2.25. The van der Waals surface area contributed by atoms with E-state index < -0.39 is 21.8 Å². The molecule has 0 spiro atoms. The minimum atomic E-state index is -1.24. The zero-order valence-corrected chi connectivity index (χ0v) is 13.2. The van der Waals surface area contributed by atoms with Crippen LogP contribution in [0.1, 0.15) is 13.3 Å². The molecule has 15 heavy (non-hydrogen) atoms. The molecule has 0 bridgehead atoms. The van der Waals surface area contributed by atoms with E-state index in [0.717, 1.165) is 6.54 Å². The molecule has 0 N–H and O–H groups in total. The van der Waals surface area contributed by atoms with Crippen LogP contribution in [0.15, 0.2) is 30.5 Å². The number of benzene rings is 1. The molecule has 0 amide bonds. The van der Waals surface area contributed by atoms with Crippen molar-refractivity contribution < 1.29 is 0 Å². The summed E-state index contributed by atoms with van der Waals surface area (Å²) in [5.74, 6) is 0. The number of hydrogen-bond acceptors (Lipinski definition) is 0. The van der Waals surface area contributed by atoms with Crippen molar-refractivity contribution in [3.8, 4) is 0 Å². The molecule has 1 aromatic heterocycles. The molecule has 0 fully saturated rings. The van der Waals surface area contributed by atoms with E-state index >= 15 is 0 Å². The first-order valence-electron chi connectivity index (χ1n) is 5.48. The molecule has 1 aromatic carbocycles. The first-order chi connectivity index (χ1) is 7.22. The Morgan fingerprint density at radius 3 is 2.67 bits per heavy atom. The fourth-order valence-corrected chi connectivity index (χ4v) is 4.89. The van der Waals surface area contributed by atoms with E-state index in [9.17, 15) is 0 Å². The van der Waals surface area contributed by atoms with Crippen LogP contribution in [0.25, 0.3) is 10.9 Å². The van der Waals surface area contributed by atoms with Gasteiger partial charge in [-0.3, -0.25) is 0 Å². The van der Waals surface area contributed by atoms with E-state index in [-0.39, 0.29) is 0 Å². The monoisotopic (exact) mass is 397 g/mol. The van der Waals surface area contributed by atoms with Crippen LogP contribution < -0.4 is 3.27 Å². The van der Waals surface area contributed by atoms with Gasteiger partial charge in [0.2, 0.25) is 0 Å². The third-order valence-corrected chi connectivity index (χ3v) is 7.83. The van der Waals surface area contributed by atoms with Crippen LogP contribution in [-0.4, -0.2) is 26.3 Å². The van der Waals surface area contributed by atoms with E-state index in [2.05, 4.69) is 51.2 Å². The molecule has 0 unspecified atom stereocenters. The van der Waals surface area contributed by atoms with Crippen LogP contribution in [0.2, 0.25) is 9.26 Å². The van der Waals surface area contributed by atoms with Gasteiger partial charge in [0, 0.05) is 0 Å². The van der Waals surface area contributed by atoms with Gasteiger partial charge in [0.05, 0.1) is 0 Å². The van der Waals surface area contributed by atoms with Crippen molar-refractivity contribution in [2.45, 2.75) is 29.2 Å². The summed E-state index contributed by atoms with van der Waals surface area (Å²) in [6.07, 6.45) is 3.42. The Morgan fingerprint density at radius 1 is 1.20 bits per heavy atom. The fourth-order valence-electron chi connectivity index (χ4n) is 1.90. The van der Waals surface area contributed by atoms with E-state index in [0.29, 0.717) is 0 Å². The predicted octanol–water partition coefficient (Wildman–Crippen LogP) is 3.01.